The molecule has 0 rings (SSSR count). The average molecular weight is 306 g/mol. The predicted octanol–water partition coefficient (Wildman–Crippen LogP) is 1.99. The Labute approximate surface area is 124 Å². The van der Waals surface area contributed by atoms with Gasteiger partial charge in [0, 0.05) is 26.1 Å². The predicted molar refractivity (Wildman–Crippen MR) is 83.0 cm³/mol. The summed E-state index contributed by atoms with van der Waals surface area (Å²) < 4.78 is 25.8. The van der Waals surface area contributed by atoms with Gasteiger partial charge in [0.15, 0.2) is 0 Å². The second-order valence-electron chi connectivity index (χ2n) is 5.50. The van der Waals surface area contributed by atoms with E-state index in [-0.39, 0.29) is 18.1 Å². The average Bonchev–Trinajstić information content (AvgIpc) is 2.36. The van der Waals surface area contributed by atoms with Crippen molar-refractivity contribution in [1.82, 2.24) is 9.62 Å². The van der Waals surface area contributed by atoms with Crippen LogP contribution in [0.4, 0.5) is 0 Å². The Bertz CT molecular complexity index is 361. The molecule has 0 aliphatic rings. The van der Waals surface area contributed by atoms with Gasteiger partial charge in [0.2, 0.25) is 15.9 Å². The number of amides is 1. The van der Waals surface area contributed by atoms with Crippen molar-refractivity contribution in [2.45, 2.75) is 53.4 Å². The summed E-state index contributed by atoms with van der Waals surface area (Å²) in [6.45, 7) is 9.77. The number of hydrogen-bond acceptors (Lipinski definition) is 3. The molecule has 0 heterocycles. The van der Waals surface area contributed by atoms with E-state index in [1.165, 1.54) is 4.31 Å². The Balaban J connectivity index is 4.21. The van der Waals surface area contributed by atoms with Gasteiger partial charge in [0.25, 0.3) is 0 Å². The molecule has 0 saturated carbocycles. The number of carbonyl (C=O) groups excluding carboxylic acids is 1. The van der Waals surface area contributed by atoms with Crippen molar-refractivity contribution in [3.05, 3.63) is 0 Å². The summed E-state index contributed by atoms with van der Waals surface area (Å²) in [6.07, 6.45) is 2.54. The molecule has 0 aromatic carbocycles. The first-order chi connectivity index (χ1) is 9.33. The highest BCUT2D eigenvalue weighted by Crippen LogP contribution is 2.06. The molecule has 0 spiro atoms. The van der Waals surface area contributed by atoms with Gasteiger partial charge in [0.1, 0.15) is 0 Å². The third-order valence-corrected chi connectivity index (χ3v) is 4.84. The smallest absolute Gasteiger partial charge is 0.221 e. The molecule has 0 atom stereocenters. The summed E-state index contributed by atoms with van der Waals surface area (Å²) in [4.78, 5) is 11.6. The maximum Gasteiger partial charge on any atom is 0.221 e. The molecule has 6 heteroatoms. The molecule has 120 valence electrons. The Kier molecular flexibility index (Phi) is 9.84. The zero-order chi connectivity index (χ0) is 15.6. The standard InChI is InChI=1S/C14H30N2O3S/c1-5-10-16(11-6-2)20(18,19)12-8-14(17)15-9-7-13(3)4/h13H,5-12H2,1-4H3,(H,15,17). The number of carbonyl (C=O) groups is 1. The van der Waals surface area contributed by atoms with Gasteiger partial charge in [-0.05, 0) is 25.2 Å². The molecule has 0 aliphatic heterocycles. The van der Waals surface area contributed by atoms with Crippen molar-refractivity contribution < 1.29 is 13.2 Å². The number of nitrogens with one attached hydrogen (secondary N) is 1. The highest BCUT2D eigenvalue weighted by atomic mass is 32.2. The van der Waals surface area contributed by atoms with E-state index in [0.29, 0.717) is 25.6 Å². The van der Waals surface area contributed by atoms with E-state index in [1.54, 1.807) is 0 Å². The fraction of sp³-hybridized carbons (Fsp3) is 0.929. The number of nitrogens with zero attached hydrogens (tertiary/aromatic N) is 1. The molecule has 0 saturated heterocycles. The van der Waals surface area contributed by atoms with E-state index >= 15 is 0 Å². The van der Waals surface area contributed by atoms with Crippen molar-refractivity contribution in [2.75, 3.05) is 25.4 Å². The van der Waals surface area contributed by atoms with Crippen molar-refractivity contribution in [3.63, 3.8) is 0 Å². The first kappa shape index (κ1) is 19.4. The minimum Gasteiger partial charge on any atom is -0.356 e. The summed E-state index contributed by atoms with van der Waals surface area (Å²) in [6, 6.07) is 0. The van der Waals surface area contributed by atoms with Gasteiger partial charge in [-0.2, -0.15) is 0 Å². The van der Waals surface area contributed by atoms with Crippen molar-refractivity contribution >= 4 is 15.9 Å². The molecule has 1 amide bonds. The van der Waals surface area contributed by atoms with Crippen LogP contribution < -0.4 is 5.32 Å². The second kappa shape index (κ2) is 10.2. The van der Waals surface area contributed by atoms with Gasteiger partial charge in [-0.25, -0.2) is 12.7 Å². The second-order valence-corrected chi connectivity index (χ2v) is 7.59. The molecule has 20 heavy (non-hydrogen) atoms. The Morgan fingerprint density at radius 2 is 1.70 bits per heavy atom. The Morgan fingerprint density at radius 1 is 1.15 bits per heavy atom. The zero-order valence-corrected chi connectivity index (χ0v) is 14.1. The van der Waals surface area contributed by atoms with E-state index in [9.17, 15) is 13.2 Å². The first-order valence-electron chi connectivity index (χ1n) is 7.58. The van der Waals surface area contributed by atoms with Gasteiger partial charge in [-0.1, -0.05) is 27.7 Å². The van der Waals surface area contributed by atoms with Crippen molar-refractivity contribution in [2.24, 2.45) is 5.92 Å². The molecule has 0 radical (unpaired) electrons. The Hall–Kier alpha value is -0.620. The lowest BCUT2D eigenvalue weighted by molar-refractivity contribution is -0.120. The highest BCUT2D eigenvalue weighted by molar-refractivity contribution is 7.89. The van der Waals surface area contributed by atoms with Gasteiger partial charge in [-0.15, -0.1) is 0 Å². The van der Waals surface area contributed by atoms with Crippen LogP contribution in [0.1, 0.15) is 53.4 Å². The lowest BCUT2D eigenvalue weighted by atomic mass is 10.1. The summed E-state index contributed by atoms with van der Waals surface area (Å²) in [5.74, 6) is 0.256. The van der Waals surface area contributed by atoms with Crippen LogP contribution in [-0.2, 0) is 14.8 Å². The van der Waals surface area contributed by atoms with Crippen LogP contribution >= 0.6 is 0 Å². The van der Waals surface area contributed by atoms with Gasteiger partial charge in [0.05, 0.1) is 5.75 Å². The van der Waals surface area contributed by atoms with Crippen LogP contribution in [0, 0.1) is 5.92 Å². The maximum absolute atomic E-state index is 12.1. The van der Waals surface area contributed by atoms with Gasteiger partial charge >= 0.3 is 0 Å². The summed E-state index contributed by atoms with van der Waals surface area (Å²) in [7, 11) is -3.31. The third kappa shape index (κ3) is 8.53. The van der Waals surface area contributed by atoms with Crippen LogP contribution in [0.15, 0.2) is 0 Å². The number of sulfonamides is 1. The van der Waals surface area contributed by atoms with E-state index < -0.39 is 10.0 Å². The van der Waals surface area contributed by atoms with E-state index in [2.05, 4.69) is 19.2 Å². The molecule has 0 aromatic rings. The largest absolute Gasteiger partial charge is 0.356 e. The summed E-state index contributed by atoms with van der Waals surface area (Å²) >= 11 is 0. The Morgan fingerprint density at radius 3 is 2.15 bits per heavy atom. The van der Waals surface area contributed by atoms with Crippen LogP contribution in [-0.4, -0.2) is 44.0 Å². The van der Waals surface area contributed by atoms with E-state index in [1.807, 2.05) is 13.8 Å². The third-order valence-electron chi connectivity index (χ3n) is 2.97. The van der Waals surface area contributed by atoms with Crippen LogP contribution in [0.25, 0.3) is 0 Å². The molecular formula is C14H30N2O3S. The highest BCUT2D eigenvalue weighted by Gasteiger charge is 2.21. The quantitative estimate of drug-likeness (QED) is 0.635. The fourth-order valence-electron chi connectivity index (χ4n) is 1.83. The zero-order valence-electron chi connectivity index (χ0n) is 13.3. The molecule has 1 N–H and O–H groups in total. The lowest BCUT2D eigenvalue weighted by Gasteiger charge is -2.20. The fourth-order valence-corrected chi connectivity index (χ4v) is 3.45. The normalized spacial score (nSPS) is 12.1. The minimum atomic E-state index is -3.31. The monoisotopic (exact) mass is 306 g/mol. The SMILES string of the molecule is CCCN(CCC)S(=O)(=O)CCC(=O)NCCC(C)C. The summed E-state index contributed by atoms with van der Waals surface area (Å²) in [5.41, 5.74) is 0. The maximum atomic E-state index is 12.1. The van der Waals surface area contributed by atoms with Crippen LogP contribution in [0.5, 0.6) is 0 Å². The van der Waals surface area contributed by atoms with Gasteiger partial charge < -0.3 is 5.32 Å². The number of rotatable bonds is 11. The van der Waals surface area contributed by atoms with Crippen molar-refractivity contribution in [1.29, 1.82) is 0 Å². The number of hydrogen-bond donors (Lipinski definition) is 1. The van der Waals surface area contributed by atoms with E-state index in [4.69, 9.17) is 0 Å². The van der Waals surface area contributed by atoms with Crippen molar-refractivity contribution in [3.8, 4) is 0 Å². The molecule has 0 unspecified atom stereocenters. The van der Waals surface area contributed by atoms with E-state index in [0.717, 1.165) is 19.3 Å². The van der Waals surface area contributed by atoms with Crippen LogP contribution in [0.2, 0.25) is 0 Å². The molecule has 0 bridgehead atoms. The molecule has 0 aromatic heterocycles. The first-order valence-corrected chi connectivity index (χ1v) is 9.18. The van der Waals surface area contributed by atoms with Crippen LogP contribution in [0.3, 0.4) is 0 Å². The molecule has 0 fully saturated rings. The summed E-state index contributed by atoms with van der Waals surface area (Å²) in [5, 5.41) is 2.77. The molecular weight excluding hydrogens is 276 g/mol. The molecule has 0 aliphatic carbocycles. The minimum absolute atomic E-state index is 0.0460. The molecule has 5 nitrogen and oxygen atoms in total. The lowest BCUT2D eigenvalue weighted by Crippen LogP contribution is -2.36. The van der Waals surface area contributed by atoms with Gasteiger partial charge in [-0.3, -0.25) is 4.79 Å². The topological polar surface area (TPSA) is 66.5 Å².